The van der Waals surface area contributed by atoms with Gasteiger partial charge in [-0.05, 0) is 75.7 Å². The van der Waals surface area contributed by atoms with E-state index in [1.54, 1.807) is 0 Å². The van der Waals surface area contributed by atoms with E-state index >= 15 is 0 Å². The lowest BCUT2D eigenvalue weighted by atomic mass is 9.71. The number of nitrogens with zero attached hydrogens (tertiary/aromatic N) is 2. The summed E-state index contributed by atoms with van der Waals surface area (Å²) in [6, 6.07) is 15.5. The number of benzene rings is 2. The maximum atomic E-state index is 6.37. The highest BCUT2D eigenvalue weighted by atomic mass is 16.7. The molecule has 0 bridgehead atoms. The summed E-state index contributed by atoms with van der Waals surface area (Å²) in [4.78, 5) is 5.11. The van der Waals surface area contributed by atoms with Crippen LogP contribution in [0, 0.1) is 0 Å². The molecule has 2 fully saturated rings. The monoisotopic (exact) mass is 433 g/mol. The van der Waals surface area contributed by atoms with Gasteiger partial charge in [-0.1, -0.05) is 30.3 Å². The van der Waals surface area contributed by atoms with Crippen molar-refractivity contribution >= 4 is 24.0 Å². The van der Waals surface area contributed by atoms with E-state index in [-0.39, 0.29) is 18.3 Å². The zero-order chi connectivity index (χ0) is 22.5. The predicted molar refractivity (Wildman–Crippen MR) is 133 cm³/mol. The van der Waals surface area contributed by atoms with Crippen LogP contribution in [0.1, 0.15) is 45.2 Å². The Labute approximate surface area is 193 Å². The molecule has 5 nitrogen and oxygen atoms in total. The number of anilines is 2. The van der Waals surface area contributed by atoms with Gasteiger partial charge in [0.05, 0.1) is 22.6 Å². The van der Waals surface area contributed by atoms with Gasteiger partial charge >= 0.3 is 7.12 Å². The van der Waals surface area contributed by atoms with Gasteiger partial charge in [-0.25, -0.2) is 0 Å². The van der Waals surface area contributed by atoms with Crippen LogP contribution in [0.3, 0.4) is 0 Å². The minimum Gasteiger partial charge on any atom is -0.399 e. The molecule has 0 amide bonds. The quantitative estimate of drug-likeness (QED) is 0.595. The zero-order valence-electron chi connectivity index (χ0n) is 19.9. The van der Waals surface area contributed by atoms with E-state index in [2.05, 4.69) is 67.8 Å². The van der Waals surface area contributed by atoms with Crippen LogP contribution in [0.5, 0.6) is 0 Å². The molecule has 0 saturated carbocycles. The first kappa shape index (κ1) is 21.8. The summed E-state index contributed by atoms with van der Waals surface area (Å²) in [6.45, 7) is 12.7. The van der Waals surface area contributed by atoms with E-state index in [0.717, 1.165) is 44.7 Å². The molecule has 2 aliphatic heterocycles. The first-order chi connectivity index (χ1) is 15.2. The fraction of sp³-hybridized carbons (Fsp3) is 0.538. The van der Waals surface area contributed by atoms with Crippen molar-refractivity contribution in [1.29, 1.82) is 0 Å². The normalized spacial score (nSPS) is 25.1. The SMILES string of the molecule is CC1(C)OB(c2cccc3c2CC[C@H](N2CCN(c4ccccc4N)CC2)C3)OC1(C)C. The van der Waals surface area contributed by atoms with Crippen LogP contribution < -0.4 is 16.1 Å². The number of fused-ring (bicyclic) bond motifs is 1. The molecule has 5 rings (SSSR count). The highest BCUT2D eigenvalue weighted by Crippen LogP contribution is 2.37. The Hall–Kier alpha value is -2.02. The van der Waals surface area contributed by atoms with Crippen molar-refractivity contribution in [2.45, 2.75) is 64.2 Å². The van der Waals surface area contributed by atoms with E-state index < -0.39 is 0 Å². The van der Waals surface area contributed by atoms with Gasteiger partial charge in [-0.15, -0.1) is 0 Å². The lowest BCUT2D eigenvalue weighted by Gasteiger charge is -2.42. The van der Waals surface area contributed by atoms with Crippen LogP contribution in [0.2, 0.25) is 0 Å². The second-order valence-corrected chi connectivity index (χ2v) is 10.6. The number of hydrogen-bond acceptors (Lipinski definition) is 5. The topological polar surface area (TPSA) is 51.0 Å². The van der Waals surface area contributed by atoms with E-state index in [1.165, 1.54) is 28.7 Å². The molecule has 0 unspecified atom stereocenters. The van der Waals surface area contributed by atoms with Gasteiger partial charge in [-0.3, -0.25) is 4.90 Å². The van der Waals surface area contributed by atoms with E-state index in [0.29, 0.717) is 6.04 Å². The average molecular weight is 433 g/mol. The summed E-state index contributed by atoms with van der Waals surface area (Å²) in [7, 11) is -0.272. The Kier molecular flexibility index (Phi) is 5.51. The molecule has 32 heavy (non-hydrogen) atoms. The largest absolute Gasteiger partial charge is 0.495 e. The molecule has 1 atom stereocenters. The summed E-state index contributed by atoms with van der Waals surface area (Å²) in [6.07, 6.45) is 3.39. The highest BCUT2D eigenvalue weighted by Gasteiger charge is 2.52. The minimum absolute atomic E-state index is 0.272. The Bertz CT molecular complexity index is 969. The number of nitrogens with two attached hydrogens (primary N) is 1. The predicted octanol–water partition coefficient (Wildman–Crippen LogP) is 3.25. The third-order valence-corrected chi connectivity index (χ3v) is 8.11. The van der Waals surface area contributed by atoms with Gasteiger partial charge in [0.2, 0.25) is 0 Å². The Morgan fingerprint density at radius 1 is 0.906 bits per heavy atom. The van der Waals surface area contributed by atoms with Crippen molar-refractivity contribution in [2.75, 3.05) is 36.8 Å². The molecule has 2 aromatic carbocycles. The lowest BCUT2D eigenvalue weighted by Crippen LogP contribution is -2.52. The summed E-state index contributed by atoms with van der Waals surface area (Å²) >= 11 is 0. The van der Waals surface area contributed by atoms with E-state index in [4.69, 9.17) is 15.0 Å². The molecular weight excluding hydrogens is 397 g/mol. The molecule has 0 aromatic heterocycles. The van der Waals surface area contributed by atoms with Gasteiger partial charge in [0, 0.05) is 32.2 Å². The fourth-order valence-electron chi connectivity index (χ4n) is 5.42. The summed E-state index contributed by atoms with van der Waals surface area (Å²) in [5, 5.41) is 0. The fourth-order valence-corrected chi connectivity index (χ4v) is 5.42. The first-order valence-electron chi connectivity index (χ1n) is 12.0. The summed E-state index contributed by atoms with van der Waals surface area (Å²) < 4.78 is 12.7. The number of para-hydroxylation sites is 2. The molecule has 2 saturated heterocycles. The maximum absolute atomic E-state index is 6.37. The van der Waals surface area contributed by atoms with Crippen molar-refractivity contribution in [2.24, 2.45) is 0 Å². The number of rotatable bonds is 3. The smallest absolute Gasteiger partial charge is 0.399 e. The molecule has 3 aliphatic rings. The van der Waals surface area contributed by atoms with Crippen molar-refractivity contribution in [3.05, 3.63) is 53.6 Å². The van der Waals surface area contributed by atoms with Gasteiger partial charge in [0.1, 0.15) is 0 Å². The van der Waals surface area contributed by atoms with Gasteiger partial charge in [0.25, 0.3) is 0 Å². The highest BCUT2D eigenvalue weighted by molar-refractivity contribution is 6.62. The molecule has 6 heteroatoms. The number of nitrogen functional groups attached to an aromatic ring is 1. The Balaban J connectivity index is 1.27. The molecule has 2 heterocycles. The van der Waals surface area contributed by atoms with Crippen LogP contribution in [-0.2, 0) is 22.2 Å². The second kappa shape index (κ2) is 8.09. The van der Waals surface area contributed by atoms with Gasteiger partial charge in [-0.2, -0.15) is 0 Å². The molecule has 2 aromatic rings. The van der Waals surface area contributed by atoms with Crippen LogP contribution in [0.4, 0.5) is 11.4 Å². The van der Waals surface area contributed by atoms with Gasteiger partial charge < -0.3 is 19.9 Å². The number of piperazine rings is 1. The summed E-state index contributed by atoms with van der Waals surface area (Å²) in [5.74, 6) is 0. The van der Waals surface area contributed by atoms with Crippen LogP contribution in [0.25, 0.3) is 0 Å². The minimum atomic E-state index is -0.306. The molecule has 0 radical (unpaired) electrons. The molecule has 2 N–H and O–H groups in total. The third-order valence-electron chi connectivity index (χ3n) is 8.11. The molecular formula is C26H36BN3O2. The average Bonchev–Trinajstić information content (AvgIpc) is 3.00. The Morgan fingerprint density at radius 3 is 2.28 bits per heavy atom. The molecule has 1 aliphatic carbocycles. The zero-order valence-corrected chi connectivity index (χ0v) is 19.9. The molecule has 170 valence electrons. The van der Waals surface area contributed by atoms with Crippen LogP contribution in [0.15, 0.2) is 42.5 Å². The van der Waals surface area contributed by atoms with Crippen LogP contribution in [-0.4, -0.2) is 55.4 Å². The van der Waals surface area contributed by atoms with Gasteiger partial charge in [0.15, 0.2) is 0 Å². The maximum Gasteiger partial charge on any atom is 0.495 e. The third kappa shape index (κ3) is 3.83. The number of hydrogen-bond donors (Lipinski definition) is 1. The van der Waals surface area contributed by atoms with Crippen molar-refractivity contribution in [3.8, 4) is 0 Å². The van der Waals surface area contributed by atoms with Crippen molar-refractivity contribution in [1.82, 2.24) is 4.90 Å². The molecule has 0 spiro atoms. The standard InChI is InChI=1S/C26H36BN3O2/c1-25(2)26(3,4)32-27(31-25)22-9-7-8-19-18-20(12-13-21(19)22)29-14-16-30(17-15-29)24-11-6-5-10-23(24)28/h5-11,20H,12-18,28H2,1-4H3/t20-/m0/s1. The van der Waals surface area contributed by atoms with E-state index in [9.17, 15) is 0 Å². The van der Waals surface area contributed by atoms with Crippen molar-refractivity contribution in [3.63, 3.8) is 0 Å². The summed E-state index contributed by atoms with van der Waals surface area (Å²) in [5.41, 5.74) is 11.8. The van der Waals surface area contributed by atoms with E-state index in [1.807, 2.05) is 12.1 Å². The first-order valence-corrected chi connectivity index (χ1v) is 12.0. The van der Waals surface area contributed by atoms with Crippen molar-refractivity contribution < 1.29 is 9.31 Å². The second-order valence-electron chi connectivity index (χ2n) is 10.6. The Morgan fingerprint density at radius 2 is 1.59 bits per heavy atom. The lowest BCUT2D eigenvalue weighted by molar-refractivity contribution is 0.00578. The van der Waals surface area contributed by atoms with Crippen LogP contribution >= 0.6 is 0 Å².